The molecule has 0 amide bonds. The topological polar surface area (TPSA) is 67.6 Å². The van der Waals surface area contributed by atoms with Crippen LogP contribution in [-0.4, -0.2) is 48.1 Å². The third-order valence-corrected chi connectivity index (χ3v) is 7.03. The molecule has 196 valence electrons. The Morgan fingerprint density at radius 1 is 1.19 bits per heavy atom. The zero-order valence-corrected chi connectivity index (χ0v) is 21.5. The van der Waals surface area contributed by atoms with Gasteiger partial charge in [0.15, 0.2) is 0 Å². The summed E-state index contributed by atoms with van der Waals surface area (Å²) in [6.45, 7) is 7.99. The first kappa shape index (κ1) is 25.4. The molecule has 4 heterocycles. The van der Waals surface area contributed by atoms with Crippen LogP contribution >= 0.6 is 0 Å². The van der Waals surface area contributed by atoms with Crippen LogP contribution in [0.4, 0.5) is 8.78 Å². The van der Waals surface area contributed by atoms with Crippen molar-refractivity contribution in [3.8, 4) is 5.75 Å². The normalized spacial score (nSPS) is 18.0. The second-order valence-electron chi connectivity index (χ2n) is 9.56. The fraction of sp³-hybridized carbons (Fsp3) is 0.429. The Morgan fingerprint density at radius 2 is 1.95 bits per heavy atom. The highest BCUT2D eigenvalue weighted by molar-refractivity contribution is 6.05. The molecule has 0 unspecified atom stereocenters. The summed E-state index contributed by atoms with van der Waals surface area (Å²) in [6, 6.07) is 3.55. The lowest BCUT2D eigenvalue weighted by atomic mass is 9.93. The fourth-order valence-electron chi connectivity index (χ4n) is 5.43. The number of hydrogen-bond donors (Lipinski definition) is 0. The molecular formula is C28H31F2N3O4. The Bertz CT molecular complexity index is 1420. The lowest BCUT2D eigenvalue weighted by molar-refractivity contribution is -0.135. The number of rotatable bonds is 7. The number of halogens is 2. The number of aromatic nitrogens is 3. The number of hydrogen-bond acceptors (Lipinski definition) is 6. The van der Waals surface area contributed by atoms with Crippen molar-refractivity contribution in [2.75, 3.05) is 26.9 Å². The van der Waals surface area contributed by atoms with Crippen molar-refractivity contribution in [3.63, 3.8) is 0 Å². The summed E-state index contributed by atoms with van der Waals surface area (Å²) in [5.41, 5.74) is 5.05. The number of alkyl halides is 2. The van der Waals surface area contributed by atoms with E-state index in [0.29, 0.717) is 30.2 Å². The number of benzene rings is 1. The SMILES string of the molecule is C=C1C=C(C)C(c2cc3ncc4nc(C5CCOCC5)n([C@@H](C)COC(F)F)c4c3cc2OC)=C(C)O1. The number of fused-ring (bicyclic) bond motifs is 3. The van der Waals surface area contributed by atoms with E-state index in [0.717, 1.165) is 57.6 Å². The number of ether oxygens (including phenoxy) is 4. The molecule has 37 heavy (non-hydrogen) atoms. The monoisotopic (exact) mass is 511 g/mol. The first-order chi connectivity index (χ1) is 17.8. The third-order valence-electron chi connectivity index (χ3n) is 7.03. The molecule has 0 N–H and O–H groups in total. The smallest absolute Gasteiger partial charge is 0.345 e. The van der Waals surface area contributed by atoms with Gasteiger partial charge in [-0.2, -0.15) is 8.78 Å². The van der Waals surface area contributed by atoms with E-state index in [1.807, 2.05) is 43.5 Å². The highest BCUT2D eigenvalue weighted by atomic mass is 19.3. The molecule has 1 aromatic carbocycles. The van der Waals surface area contributed by atoms with Crippen molar-refractivity contribution in [1.82, 2.24) is 14.5 Å². The minimum atomic E-state index is -2.84. The summed E-state index contributed by atoms with van der Waals surface area (Å²) in [5, 5.41) is 0.828. The van der Waals surface area contributed by atoms with Crippen molar-refractivity contribution in [1.29, 1.82) is 0 Å². The molecule has 2 aromatic heterocycles. The molecule has 1 saturated heterocycles. The maximum Gasteiger partial charge on any atom is 0.345 e. The van der Waals surface area contributed by atoms with Crippen LogP contribution in [0.25, 0.3) is 27.5 Å². The van der Waals surface area contributed by atoms with Gasteiger partial charge in [-0.25, -0.2) is 4.98 Å². The number of methoxy groups -OCH3 is 1. The molecule has 7 nitrogen and oxygen atoms in total. The van der Waals surface area contributed by atoms with Crippen molar-refractivity contribution in [2.24, 2.45) is 0 Å². The highest BCUT2D eigenvalue weighted by Gasteiger charge is 2.28. The van der Waals surface area contributed by atoms with E-state index in [4.69, 9.17) is 28.9 Å². The molecule has 9 heteroatoms. The highest BCUT2D eigenvalue weighted by Crippen LogP contribution is 2.41. The maximum atomic E-state index is 13.0. The van der Waals surface area contributed by atoms with Gasteiger partial charge in [0.05, 0.1) is 37.0 Å². The zero-order valence-electron chi connectivity index (χ0n) is 21.5. The predicted octanol–water partition coefficient (Wildman–Crippen LogP) is 6.51. The van der Waals surface area contributed by atoms with E-state index in [2.05, 4.69) is 6.58 Å². The summed E-state index contributed by atoms with van der Waals surface area (Å²) in [4.78, 5) is 9.68. The third kappa shape index (κ3) is 4.73. The van der Waals surface area contributed by atoms with Gasteiger partial charge < -0.3 is 23.5 Å². The van der Waals surface area contributed by atoms with E-state index in [-0.39, 0.29) is 18.6 Å². The van der Waals surface area contributed by atoms with Gasteiger partial charge in [-0.3, -0.25) is 4.98 Å². The lowest BCUT2D eigenvalue weighted by Crippen LogP contribution is -2.22. The van der Waals surface area contributed by atoms with Crippen LogP contribution in [0.15, 0.2) is 48.1 Å². The average molecular weight is 512 g/mol. The van der Waals surface area contributed by atoms with E-state index < -0.39 is 6.61 Å². The summed E-state index contributed by atoms with van der Waals surface area (Å²) in [5.74, 6) is 2.96. The van der Waals surface area contributed by atoms with Crippen molar-refractivity contribution in [3.05, 3.63) is 59.5 Å². The zero-order chi connectivity index (χ0) is 26.3. The van der Waals surface area contributed by atoms with Crippen LogP contribution in [0.2, 0.25) is 0 Å². The molecule has 3 aromatic rings. The van der Waals surface area contributed by atoms with Gasteiger partial charge in [0.2, 0.25) is 0 Å². The number of imidazole rings is 1. The van der Waals surface area contributed by atoms with Crippen LogP contribution in [-0.2, 0) is 14.2 Å². The van der Waals surface area contributed by atoms with Crippen LogP contribution in [0.5, 0.6) is 5.75 Å². The molecule has 2 aliphatic heterocycles. The Hall–Kier alpha value is -3.30. The number of allylic oxidation sites excluding steroid dienone is 4. The van der Waals surface area contributed by atoms with E-state index in [1.54, 1.807) is 13.3 Å². The fourth-order valence-corrected chi connectivity index (χ4v) is 5.43. The van der Waals surface area contributed by atoms with Crippen LogP contribution in [0, 0.1) is 0 Å². The van der Waals surface area contributed by atoms with Crippen LogP contribution in [0.3, 0.4) is 0 Å². The number of pyridine rings is 1. The van der Waals surface area contributed by atoms with Crippen molar-refractivity contribution >= 4 is 27.5 Å². The second-order valence-corrected chi connectivity index (χ2v) is 9.56. The molecule has 0 saturated carbocycles. The molecule has 1 atom stereocenters. The minimum absolute atomic E-state index is 0.143. The van der Waals surface area contributed by atoms with Gasteiger partial charge in [-0.05, 0) is 57.4 Å². The first-order valence-corrected chi connectivity index (χ1v) is 12.4. The second kappa shape index (κ2) is 10.2. The van der Waals surface area contributed by atoms with Gasteiger partial charge in [0.25, 0.3) is 0 Å². The molecule has 5 rings (SSSR count). The van der Waals surface area contributed by atoms with Gasteiger partial charge in [-0.15, -0.1) is 0 Å². The van der Waals surface area contributed by atoms with Crippen molar-refractivity contribution < 1.29 is 27.7 Å². The quantitative estimate of drug-likeness (QED) is 0.360. The average Bonchev–Trinajstić information content (AvgIpc) is 3.27. The van der Waals surface area contributed by atoms with Crippen LogP contribution in [0.1, 0.15) is 57.0 Å². The molecule has 0 spiro atoms. The number of nitrogens with zero attached hydrogens (tertiary/aromatic N) is 3. The predicted molar refractivity (Wildman–Crippen MR) is 138 cm³/mol. The Balaban J connectivity index is 1.73. The summed E-state index contributed by atoms with van der Waals surface area (Å²) < 4.78 is 49.9. The van der Waals surface area contributed by atoms with E-state index in [9.17, 15) is 8.78 Å². The summed E-state index contributed by atoms with van der Waals surface area (Å²) in [7, 11) is 1.62. The van der Waals surface area contributed by atoms with Crippen molar-refractivity contribution in [2.45, 2.75) is 52.2 Å². The first-order valence-electron chi connectivity index (χ1n) is 12.4. The molecule has 0 radical (unpaired) electrons. The lowest BCUT2D eigenvalue weighted by Gasteiger charge is -2.25. The Morgan fingerprint density at radius 3 is 2.62 bits per heavy atom. The molecular weight excluding hydrogens is 480 g/mol. The molecule has 0 aliphatic carbocycles. The largest absolute Gasteiger partial charge is 0.496 e. The van der Waals surface area contributed by atoms with Gasteiger partial charge in [-0.1, -0.05) is 6.58 Å². The van der Waals surface area contributed by atoms with Crippen LogP contribution < -0.4 is 4.74 Å². The molecule has 1 fully saturated rings. The maximum absolute atomic E-state index is 13.0. The van der Waals surface area contributed by atoms with Gasteiger partial charge in [0, 0.05) is 35.7 Å². The van der Waals surface area contributed by atoms with E-state index in [1.165, 1.54) is 0 Å². The molecule has 0 bridgehead atoms. The summed E-state index contributed by atoms with van der Waals surface area (Å²) in [6.07, 6.45) is 5.27. The molecule has 2 aliphatic rings. The summed E-state index contributed by atoms with van der Waals surface area (Å²) >= 11 is 0. The Kier molecular flexibility index (Phi) is 7.00. The standard InChI is InChI=1S/C28H31F2N3O4/c1-15-10-17(3)37-18(4)25(15)21-11-22-20(12-24(21)34-5)26-23(13-31-22)32-27(19-6-8-35-9-7-19)33(26)16(2)14-36-28(29)30/h10-13,16,19,28H,3,6-9,14H2,1-2,4-5H3/t16-/m0/s1. The van der Waals surface area contributed by atoms with E-state index >= 15 is 0 Å². The Labute approximate surface area is 214 Å². The van der Waals surface area contributed by atoms with Gasteiger partial charge >= 0.3 is 6.61 Å². The minimum Gasteiger partial charge on any atom is -0.496 e. The van der Waals surface area contributed by atoms with Gasteiger partial charge in [0.1, 0.15) is 28.6 Å².